The summed E-state index contributed by atoms with van der Waals surface area (Å²) < 4.78 is 87.7. The van der Waals surface area contributed by atoms with Gasteiger partial charge in [-0.3, -0.25) is 0 Å². The van der Waals surface area contributed by atoms with E-state index < -0.39 is 30.4 Å². The zero-order valence-electron chi connectivity index (χ0n) is 34.6. The molecular formula is C44H40F3IrN3O-2. The summed E-state index contributed by atoms with van der Waals surface area (Å²) in [7, 11) is 0. The van der Waals surface area contributed by atoms with Crippen LogP contribution in [0.5, 0.6) is 0 Å². The van der Waals surface area contributed by atoms with E-state index in [-0.39, 0.29) is 54.8 Å². The van der Waals surface area contributed by atoms with Crippen molar-refractivity contribution < 1.29 is 44.5 Å². The minimum Gasteiger partial charge on any atom is -0.486 e. The van der Waals surface area contributed by atoms with Gasteiger partial charge in [0.25, 0.3) is 0 Å². The molecule has 0 saturated heterocycles. The van der Waals surface area contributed by atoms with E-state index in [9.17, 15) is 13.2 Å². The fourth-order valence-corrected chi connectivity index (χ4v) is 5.64. The smallest absolute Gasteiger partial charge is 0.418 e. The Balaban J connectivity index is 0.000000325. The maximum absolute atomic E-state index is 14.0. The van der Waals surface area contributed by atoms with Crippen molar-refractivity contribution in [3.8, 4) is 22.5 Å². The van der Waals surface area contributed by atoms with Crippen LogP contribution in [0.2, 0.25) is 0 Å². The number of aromatic nitrogens is 3. The predicted octanol–water partition coefficient (Wildman–Crippen LogP) is 11.8. The molecule has 7 rings (SSSR count). The molecule has 52 heavy (non-hydrogen) atoms. The molecule has 0 aliphatic rings. The minimum atomic E-state index is -4.64. The van der Waals surface area contributed by atoms with Gasteiger partial charge < -0.3 is 14.4 Å². The summed E-state index contributed by atoms with van der Waals surface area (Å²) in [6.07, 6.45) is -3.64. The minimum absolute atomic E-state index is 0. The van der Waals surface area contributed by atoms with Gasteiger partial charge in [0.1, 0.15) is 0 Å². The number of furan rings is 1. The van der Waals surface area contributed by atoms with Gasteiger partial charge in [0, 0.05) is 50.4 Å². The molecule has 1 radical (unpaired) electrons. The van der Waals surface area contributed by atoms with Crippen LogP contribution >= 0.6 is 0 Å². The fourth-order valence-electron chi connectivity index (χ4n) is 5.64. The van der Waals surface area contributed by atoms with Crippen molar-refractivity contribution in [2.45, 2.75) is 67.4 Å². The number of hydrogen-bond acceptors (Lipinski definition) is 4. The Hall–Kier alpha value is -4.65. The molecule has 0 aliphatic heterocycles. The Bertz CT molecular complexity index is 2530. The molecule has 8 heteroatoms. The van der Waals surface area contributed by atoms with E-state index >= 15 is 0 Å². The van der Waals surface area contributed by atoms with E-state index in [1.165, 1.54) is 28.8 Å². The van der Waals surface area contributed by atoms with Crippen molar-refractivity contribution in [2.75, 3.05) is 0 Å². The zero-order chi connectivity index (χ0) is 40.8. The Morgan fingerprint density at radius 1 is 0.808 bits per heavy atom. The first-order chi connectivity index (χ1) is 26.1. The molecular weight excluding hydrogens is 836 g/mol. The number of nitrogens with zero attached hydrogens (tertiary/aromatic N) is 3. The van der Waals surface area contributed by atoms with Crippen LogP contribution in [-0.4, -0.2) is 15.0 Å². The van der Waals surface area contributed by atoms with Gasteiger partial charge in [-0.15, -0.1) is 53.6 Å². The standard InChI is InChI=1S/C30H26F3N2O.C14H14N.Ir/c1-18-8-13-23-22-6-5-7-24(27(22)36-28(23)35-18)26-15-21(25(17-34-26)30(31,32)33)14-19-9-11-20(12-10-19)16-29(2,3)4;1-10-4-6-13(7-5-10)14-8-11(2)12(3)9-15-14;/h5-6,8-13,15,17H,14,16H2,1-4H3;4-6,8-9H,1-3H3;/q2*-1;/i1D3,16D2;;. The maximum Gasteiger partial charge on any atom is 0.418 e. The van der Waals surface area contributed by atoms with E-state index in [1.807, 2.05) is 12.3 Å². The van der Waals surface area contributed by atoms with Crippen molar-refractivity contribution in [1.29, 1.82) is 0 Å². The Labute approximate surface area is 323 Å². The van der Waals surface area contributed by atoms with Gasteiger partial charge in [0.05, 0.1) is 11.1 Å². The van der Waals surface area contributed by atoms with Crippen LogP contribution in [-0.2, 0) is 39.1 Å². The second kappa shape index (κ2) is 15.5. The quantitative estimate of drug-likeness (QED) is 0.162. The summed E-state index contributed by atoms with van der Waals surface area (Å²) in [6, 6.07) is 28.6. The normalized spacial score (nSPS) is 13.6. The van der Waals surface area contributed by atoms with Crippen molar-refractivity contribution in [3.63, 3.8) is 0 Å². The average molecular weight is 881 g/mol. The molecule has 3 aromatic carbocycles. The number of aryl methyl sites for hydroxylation is 4. The van der Waals surface area contributed by atoms with Crippen LogP contribution in [0, 0.1) is 45.2 Å². The van der Waals surface area contributed by atoms with Crippen LogP contribution in [0.25, 0.3) is 44.6 Å². The maximum atomic E-state index is 14.0. The van der Waals surface area contributed by atoms with E-state index in [0.29, 0.717) is 27.5 Å². The molecule has 0 unspecified atom stereocenters. The van der Waals surface area contributed by atoms with Crippen molar-refractivity contribution in [2.24, 2.45) is 5.41 Å². The Kier molecular flexibility index (Phi) is 9.57. The fraction of sp³-hybridized carbons (Fsp3) is 0.250. The second-order valence-corrected chi connectivity index (χ2v) is 13.7. The monoisotopic (exact) mass is 881 g/mol. The third-order valence-corrected chi connectivity index (χ3v) is 8.33. The zero-order valence-corrected chi connectivity index (χ0v) is 32.0. The molecule has 4 aromatic heterocycles. The first-order valence-corrected chi connectivity index (χ1v) is 16.5. The molecule has 0 bridgehead atoms. The number of pyridine rings is 3. The summed E-state index contributed by atoms with van der Waals surface area (Å²) in [5.74, 6) is 0. The van der Waals surface area contributed by atoms with E-state index in [2.05, 4.69) is 66.1 Å². The SMILES string of the molecule is Cc1c[c-]c(-c2cc(C)c(C)cn2)cc1.[2H]C([2H])([2H])c1ccc2c(n1)oc1c(-c3cc(Cc4ccc(C([2H])([2H])C(C)(C)C)cc4)c(C(F)(F)F)cn3)[c-]ccc12.[Ir]. The van der Waals surface area contributed by atoms with E-state index in [0.717, 1.165) is 17.5 Å². The molecule has 0 spiro atoms. The van der Waals surface area contributed by atoms with E-state index in [4.69, 9.17) is 11.3 Å². The van der Waals surface area contributed by atoms with Crippen LogP contribution in [0.15, 0.2) is 95.7 Å². The molecule has 0 atom stereocenters. The molecule has 4 heterocycles. The molecule has 0 amide bonds. The Morgan fingerprint density at radius 3 is 2.19 bits per heavy atom. The topological polar surface area (TPSA) is 51.8 Å². The van der Waals surface area contributed by atoms with Crippen molar-refractivity contribution in [3.05, 3.63) is 148 Å². The van der Waals surface area contributed by atoms with Gasteiger partial charge >= 0.3 is 6.18 Å². The van der Waals surface area contributed by atoms with Gasteiger partial charge in [-0.25, -0.2) is 4.98 Å². The molecule has 0 fully saturated rings. The van der Waals surface area contributed by atoms with Gasteiger partial charge in [0.2, 0.25) is 5.71 Å². The van der Waals surface area contributed by atoms with Gasteiger partial charge in [-0.05, 0) is 84.7 Å². The molecule has 0 aliphatic carbocycles. The van der Waals surface area contributed by atoms with Gasteiger partial charge in [-0.1, -0.05) is 80.6 Å². The molecule has 7 aromatic rings. The summed E-state index contributed by atoms with van der Waals surface area (Å²) in [5, 5.41) is 1.16. The molecule has 0 saturated carbocycles. The summed E-state index contributed by atoms with van der Waals surface area (Å²) >= 11 is 0. The third-order valence-electron chi connectivity index (χ3n) is 8.33. The third kappa shape index (κ3) is 9.04. The number of rotatable bonds is 5. The number of halogens is 3. The van der Waals surface area contributed by atoms with E-state index in [1.54, 1.807) is 63.2 Å². The van der Waals surface area contributed by atoms with Crippen LogP contribution in [0.3, 0.4) is 0 Å². The first kappa shape index (κ1) is 32.0. The second-order valence-electron chi connectivity index (χ2n) is 13.7. The van der Waals surface area contributed by atoms with Gasteiger partial charge in [-0.2, -0.15) is 13.2 Å². The number of benzene rings is 3. The van der Waals surface area contributed by atoms with Crippen LogP contribution < -0.4 is 0 Å². The first-order valence-electron chi connectivity index (χ1n) is 19.0. The summed E-state index contributed by atoms with van der Waals surface area (Å²) in [6.45, 7) is 9.18. The molecule has 4 nitrogen and oxygen atoms in total. The predicted molar refractivity (Wildman–Crippen MR) is 198 cm³/mol. The van der Waals surface area contributed by atoms with Crippen molar-refractivity contribution in [1.82, 2.24) is 15.0 Å². The van der Waals surface area contributed by atoms with Crippen LogP contribution in [0.4, 0.5) is 13.2 Å². The molecule has 269 valence electrons. The largest absolute Gasteiger partial charge is 0.486 e. The average Bonchev–Trinajstić information content (AvgIpc) is 3.51. The number of alkyl halides is 3. The number of fused-ring (bicyclic) bond motifs is 3. The Morgan fingerprint density at radius 2 is 1.54 bits per heavy atom. The summed E-state index contributed by atoms with van der Waals surface area (Å²) in [4.78, 5) is 12.6. The van der Waals surface area contributed by atoms with Crippen molar-refractivity contribution >= 4 is 22.1 Å². The number of hydrogen-bond donors (Lipinski definition) is 0. The molecule has 0 N–H and O–H groups in total. The summed E-state index contributed by atoms with van der Waals surface area (Å²) in [5.41, 5.74) is 6.01. The van der Waals surface area contributed by atoms with Gasteiger partial charge in [0.15, 0.2) is 0 Å². The van der Waals surface area contributed by atoms with Crippen LogP contribution in [0.1, 0.15) is 72.3 Å².